The lowest BCUT2D eigenvalue weighted by Gasteiger charge is -2.15. The molecule has 0 spiro atoms. The number of carbonyl (C=O) groups is 1. The number of hydrogen-bond donors (Lipinski definition) is 1. The minimum absolute atomic E-state index is 0.0577. The van der Waals surface area contributed by atoms with Gasteiger partial charge in [-0.25, -0.2) is 8.42 Å². The van der Waals surface area contributed by atoms with Gasteiger partial charge >= 0.3 is 0 Å². The number of thiophene rings is 1. The van der Waals surface area contributed by atoms with Crippen LogP contribution in [0.2, 0.25) is 0 Å². The van der Waals surface area contributed by atoms with Gasteiger partial charge in [-0.2, -0.15) is 0 Å². The number of aliphatic hydroxyl groups is 1. The first kappa shape index (κ1) is 15.7. The number of rotatable bonds is 4. The van der Waals surface area contributed by atoms with Crippen LogP contribution in [0.4, 0.5) is 0 Å². The molecule has 5 nitrogen and oxygen atoms in total. The molecule has 0 aromatic carbocycles. The molecule has 0 fully saturated rings. The third-order valence-corrected chi connectivity index (χ3v) is 4.16. The lowest BCUT2D eigenvalue weighted by atomic mass is 10.4. The second kappa shape index (κ2) is 6.70. The zero-order valence-electron chi connectivity index (χ0n) is 10.7. The summed E-state index contributed by atoms with van der Waals surface area (Å²) in [7, 11) is -1.52. The van der Waals surface area contributed by atoms with Crippen molar-refractivity contribution >= 4 is 27.1 Å². The van der Waals surface area contributed by atoms with Crippen molar-refractivity contribution in [2.24, 2.45) is 0 Å². The lowest BCUT2D eigenvalue weighted by molar-refractivity contribution is 0.0808. The van der Waals surface area contributed by atoms with E-state index in [1.165, 1.54) is 16.2 Å². The van der Waals surface area contributed by atoms with Crippen LogP contribution in [0.1, 0.15) is 14.5 Å². The summed E-state index contributed by atoms with van der Waals surface area (Å²) in [6, 6.07) is 3.34. The summed E-state index contributed by atoms with van der Waals surface area (Å²) in [5.41, 5.74) is 0. The maximum absolute atomic E-state index is 12.0. The third kappa shape index (κ3) is 5.42. The number of amides is 1. The average molecular weight is 301 g/mol. The van der Waals surface area contributed by atoms with Crippen LogP contribution in [0, 0.1) is 11.8 Å². The van der Waals surface area contributed by atoms with Crippen molar-refractivity contribution in [1.29, 1.82) is 0 Å². The van der Waals surface area contributed by atoms with Gasteiger partial charge in [-0.05, 0) is 12.1 Å². The van der Waals surface area contributed by atoms with E-state index in [0.717, 1.165) is 6.26 Å². The van der Waals surface area contributed by atoms with E-state index >= 15 is 0 Å². The summed E-state index contributed by atoms with van der Waals surface area (Å²) in [6.07, 6.45) is 1.14. The van der Waals surface area contributed by atoms with Gasteiger partial charge in [0.2, 0.25) is 0 Å². The Labute approximate surface area is 116 Å². The molecule has 19 heavy (non-hydrogen) atoms. The van der Waals surface area contributed by atoms with Gasteiger partial charge in [-0.15, -0.1) is 11.3 Å². The van der Waals surface area contributed by atoms with Gasteiger partial charge in [0.15, 0.2) is 0 Å². The summed E-state index contributed by atoms with van der Waals surface area (Å²) in [4.78, 5) is 14.6. The maximum Gasteiger partial charge on any atom is 0.263 e. The zero-order valence-corrected chi connectivity index (χ0v) is 12.3. The SMILES string of the molecule is CN(CCS(C)(=O)=O)C(=O)c1ccc(C#CCO)s1. The van der Waals surface area contributed by atoms with Gasteiger partial charge in [0, 0.05) is 19.8 Å². The van der Waals surface area contributed by atoms with Crippen molar-refractivity contribution in [3.05, 3.63) is 21.9 Å². The largest absolute Gasteiger partial charge is 0.384 e. The van der Waals surface area contributed by atoms with Crippen LogP contribution >= 0.6 is 11.3 Å². The molecule has 0 saturated carbocycles. The van der Waals surface area contributed by atoms with Gasteiger partial charge in [0.05, 0.1) is 15.5 Å². The van der Waals surface area contributed by atoms with Gasteiger partial charge in [-0.1, -0.05) is 11.8 Å². The predicted octanol–water partition coefficient (Wildman–Crippen LogP) is 0.208. The molecule has 0 radical (unpaired) electrons. The molecule has 0 aliphatic carbocycles. The highest BCUT2D eigenvalue weighted by molar-refractivity contribution is 7.90. The molecule has 0 atom stereocenters. The van der Waals surface area contributed by atoms with Crippen molar-refractivity contribution in [2.75, 3.05) is 32.2 Å². The van der Waals surface area contributed by atoms with Crippen molar-refractivity contribution in [2.45, 2.75) is 0 Å². The first-order valence-corrected chi connectivity index (χ1v) is 8.34. The Balaban J connectivity index is 2.69. The third-order valence-electron chi connectivity index (χ3n) is 2.25. The van der Waals surface area contributed by atoms with Crippen molar-refractivity contribution in [3.8, 4) is 11.8 Å². The van der Waals surface area contributed by atoms with Gasteiger partial charge in [0.1, 0.15) is 16.4 Å². The van der Waals surface area contributed by atoms with Crippen molar-refractivity contribution in [3.63, 3.8) is 0 Å². The topological polar surface area (TPSA) is 74.7 Å². The van der Waals surface area contributed by atoms with Crippen LogP contribution in [0.3, 0.4) is 0 Å². The van der Waals surface area contributed by atoms with E-state index < -0.39 is 9.84 Å². The fraction of sp³-hybridized carbons (Fsp3) is 0.417. The molecule has 7 heteroatoms. The number of hydrogen-bond acceptors (Lipinski definition) is 5. The Hall–Kier alpha value is -1.36. The van der Waals surface area contributed by atoms with E-state index in [1.54, 1.807) is 19.2 Å². The summed E-state index contributed by atoms with van der Waals surface area (Å²) in [6.45, 7) is -0.0668. The Morgan fingerprint density at radius 2 is 2.16 bits per heavy atom. The van der Waals surface area contributed by atoms with Crippen LogP contribution in [-0.2, 0) is 9.84 Å². The van der Waals surface area contributed by atoms with E-state index in [1.807, 2.05) is 0 Å². The lowest BCUT2D eigenvalue weighted by Crippen LogP contribution is -2.30. The highest BCUT2D eigenvalue weighted by Gasteiger charge is 2.15. The smallest absolute Gasteiger partial charge is 0.263 e. The van der Waals surface area contributed by atoms with Crippen LogP contribution in [0.25, 0.3) is 0 Å². The van der Waals surface area contributed by atoms with E-state index in [2.05, 4.69) is 11.8 Å². The minimum Gasteiger partial charge on any atom is -0.384 e. The fourth-order valence-electron chi connectivity index (χ4n) is 1.24. The number of aliphatic hydroxyl groups excluding tert-OH is 1. The maximum atomic E-state index is 12.0. The molecule has 1 aromatic heterocycles. The number of sulfone groups is 1. The predicted molar refractivity (Wildman–Crippen MR) is 75.0 cm³/mol. The molecular weight excluding hydrogens is 286 g/mol. The normalized spacial score (nSPS) is 10.7. The van der Waals surface area contributed by atoms with Gasteiger partial charge in [0.25, 0.3) is 5.91 Å². The Bertz CT molecular complexity index is 607. The molecule has 1 rings (SSSR count). The minimum atomic E-state index is -3.08. The molecule has 0 bridgehead atoms. The molecule has 1 N–H and O–H groups in total. The Morgan fingerprint density at radius 1 is 1.47 bits per heavy atom. The van der Waals surface area contributed by atoms with E-state index in [9.17, 15) is 13.2 Å². The van der Waals surface area contributed by atoms with Gasteiger partial charge < -0.3 is 10.0 Å². The Kier molecular flexibility index (Phi) is 5.54. The summed E-state index contributed by atoms with van der Waals surface area (Å²) in [5.74, 6) is 4.93. The summed E-state index contributed by atoms with van der Waals surface area (Å²) >= 11 is 1.22. The first-order valence-electron chi connectivity index (χ1n) is 5.46. The van der Waals surface area contributed by atoms with Crippen LogP contribution < -0.4 is 0 Å². The van der Waals surface area contributed by atoms with Crippen LogP contribution in [0.5, 0.6) is 0 Å². The first-order chi connectivity index (χ1) is 8.83. The summed E-state index contributed by atoms with van der Waals surface area (Å²) < 4.78 is 22.1. The van der Waals surface area contributed by atoms with E-state index in [-0.39, 0.29) is 24.8 Å². The van der Waals surface area contributed by atoms with Crippen molar-refractivity contribution < 1.29 is 18.3 Å². The highest BCUT2D eigenvalue weighted by atomic mass is 32.2. The van der Waals surface area contributed by atoms with Crippen molar-refractivity contribution in [1.82, 2.24) is 4.90 Å². The highest BCUT2D eigenvalue weighted by Crippen LogP contribution is 2.17. The molecule has 0 aliphatic rings. The number of carbonyl (C=O) groups excluding carboxylic acids is 1. The average Bonchev–Trinajstić information content (AvgIpc) is 2.80. The molecule has 1 heterocycles. The molecule has 104 valence electrons. The molecule has 1 aromatic rings. The summed E-state index contributed by atoms with van der Waals surface area (Å²) in [5, 5.41) is 8.58. The molecule has 0 saturated heterocycles. The van der Waals surface area contributed by atoms with Crippen LogP contribution in [0.15, 0.2) is 12.1 Å². The Morgan fingerprint density at radius 3 is 2.74 bits per heavy atom. The second-order valence-corrected chi connectivity index (χ2v) is 7.32. The molecular formula is C12H15NO4S2. The van der Waals surface area contributed by atoms with Crippen LogP contribution in [-0.4, -0.2) is 56.5 Å². The van der Waals surface area contributed by atoms with E-state index in [0.29, 0.717) is 9.75 Å². The zero-order chi connectivity index (χ0) is 14.5. The number of nitrogens with zero attached hydrogens (tertiary/aromatic N) is 1. The molecule has 0 aliphatic heterocycles. The fourth-order valence-corrected chi connectivity index (χ4v) is 2.72. The standard InChI is InChI=1S/C12H15NO4S2/c1-13(7-9-19(2,16)17)12(15)11-6-5-10(18-11)4-3-8-14/h5-6,14H,7-9H2,1-2H3. The molecule has 0 unspecified atom stereocenters. The quantitative estimate of drug-likeness (QED) is 0.807. The second-order valence-electron chi connectivity index (χ2n) is 3.98. The van der Waals surface area contributed by atoms with Gasteiger partial charge in [-0.3, -0.25) is 4.79 Å². The molecule has 1 amide bonds. The monoisotopic (exact) mass is 301 g/mol. The van der Waals surface area contributed by atoms with E-state index in [4.69, 9.17) is 5.11 Å².